The second-order valence-corrected chi connectivity index (χ2v) is 7.09. The van der Waals surface area contributed by atoms with Crippen LogP contribution < -0.4 is 10.1 Å². The first-order valence-corrected chi connectivity index (χ1v) is 9.37. The fraction of sp³-hybridized carbons (Fsp3) is 0.364. The monoisotopic (exact) mass is 383 g/mol. The highest BCUT2D eigenvalue weighted by Crippen LogP contribution is 2.22. The Bertz CT molecular complexity index is 842. The molecular formula is C22H25NO5. The second-order valence-electron chi connectivity index (χ2n) is 7.09. The van der Waals surface area contributed by atoms with Gasteiger partial charge >= 0.3 is 5.97 Å². The number of aryl methyl sites for hydroxylation is 1. The average Bonchev–Trinajstić information content (AvgIpc) is 2.68. The Labute approximate surface area is 164 Å². The van der Waals surface area contributed by atoms with Crippen LogP contribution in [0.1, 0.15) is 29.5 Å². The highest BCUT2D eigenvalue weighted by molar-refractivity contribution is 5.88. The van der Waals surface area contributed by atoms with E-state index >= 15 is 0 Å². The lowest BCUT2D eigenvalue weighted by Gasteiger charge is -2.33. The van der Waals surface area contributed by atoms with E-state index in [2.05, 4.69) is 5.32 Å². The Morgan fingerprint density at radius 1 is 1.14 bits per heavy atom. The van der Waals surface area contributed by atoms with Gasteiger partial charge in [-0.15, -0.1) is 0 Å². The quantitative estimate of drug-likeness (QED) is 0.768. The summed E-state index contributed by atoms with van der Waals surface area (Å²) >= 11 is 0. The summed E-state index contributed by atoms with van der Waals surface area (Å²) in [6, 6.07) is 15.3. The van der Waals surface area contributed by atoms with Crippen LogP contribution in [-0.2, 0) is 27.4 Å². The lowest BCUT2D eigenvalue weighted by Crippen LogP contribution is -2.57. The average molecular weight is 383 g/mol. The Morgan fingerprint density at radius 3 is 2.61 bits per heavy atom. The normalized spacial score (nSPS) is 15.6. The van der Waals surface area contributed by atoms with Gasteiger partial charge in [0, 0.05) is 26.1 Å². The third kappa shape index (κ3) is 4.89. The van der Waals surface area contributed by atoms with Crippen molar-refractivity contribution in [2.45, 2.75) is 38.3 Å². The van der Waals surface area contributed by atoms with Gasteiger partial charge in [0.05, 0.1) is 6.42 Å². The Hall–Kier alpha value is -2.86. The lowest BCUT2D eigenvalue weighted by molar-refractivity contribution is -0.152. The molecule has 28 heavy (non-hydrogen) atoms. The summed E-state index contributed by atoms with van der Waals surface area (Å²) in [4.78, 5) is 24.1. The number of hydrogen-bond acceptors (Lipinski definition) is 4. The number of aliphatic carboxylic acids is 1. The van der Waals surface area contributed by atoms with Crippen molar-refractivity contribution in [3.8, 4) is 5.75 Å². The maximum atomic E-state index is 12.5. The molecule has 3 rings (SSSR count). The molecule has 1 fully saturated rings. The van der Waals surface area contributed by atoms with Gasteiger partial charge < -0.3 is 19.9 Å². The number of carbonyl (C=O) groups is 2. The minimum atomic E-state index is -1.24. The topological polar surface area (TPSA) is 84.9 Å². The van der Waals surface area contributed by atoms with Gasteiger partial charge in [0.25, 0.3) is 0 Å². The van der Waals surface area contributed by atoms with Gasteiger partial charge in [0.1, 0.15) is 17.9 Å². The number of hydrogen-bond donors (Lipinski definition) is 2. The highest BCUT2D eigenvalue weighted by Gasteiger charge is 2.41. The number of carboxylic acid groups (broad SMARTS) is 1. The van der Waals surface area contributed by atoms with E-state index in [1.165, 1.54) is 0 Å². The molecule has 2 aromatic carbocycles. The van der Waals surface area contributed by atoms with Crippen LogP contribution in [0, 0.1) is 6.92 Å². The van der Waals surface area contributed by atoms with Crippen molar-refractivity contribution in [3.05, 3.63) is 65.2 Å². The predicted octanol–water partition coefficient (Wildman–Crippen LogP) is 2.87. The van der Waals surface area contributed by atoms with Crippen molar-refractivity contribution in [2.75, 3.05) is 13.2 Å². The molecule has 6 heteroatoms. The maximum Gasteiger partial charge on any atom is 0.329 e. The fourth-order valence-corrected chi connectivity index (χ4v) is 3.29. The Kier molecular flexibility index (Phi) is 6.31. The number of rotatable bonds is 7. The molecule has 6 nitrogen and oxygen atoms in total. The van der Waals surface area contributed by atoms with Crippen LogP contribution in [0.3, 0.4) is 0 Å². The standard InChI is InChI=1S/C22H25NO5/c1-16-5-2-3-7-18(16)15-28-19-8-4-6-17(13-19)14-20(24)23-22(21(25)26)9-11-27-12-10-22/h2-8,13H,9-12,14-15H2,1H3,(H,23,24)(H,25,26). The molecule has 1 heterocycles. The van der Waals surface area contributed by atoms with Crippen LogP contribution in [0.15, 0.2) is 48.5 Å². The van der Waals surface area contributed by atoms with Crippen LogP contribution >= 0.6 is 0 Å². The SMILES string of the molecule is Cc1ccccc1COc1cccc(CC(=O)NC2(C(=O)O)CCOCC2)c1. The molecule has 2 aromatic rings. The molecule has 0 atom stereocenters. The summed E-state index contributed by atoms with van der Waals surface area (Å²) < 4.78 is 11.1. The van der Waals surface area contributed by atoms with E-state index in [-0.39, 0.29) is 25.2 Å². The first-order chi connectivity index (χ1) is 13.5. The van der Waals surface area contributed by atoms with Gasteiger partial charge in [-0.2, -0.15) is 0 Å². The number of nitrogens with one attached hydrogen (secondary N) is 1. The van der Waals surface area contributed by atoms with Gasteiger partial charge in [0.15, 0.2) is 0 Å². The first-order valence-electron chi connectivity index (χ1n) is 9.37. The smallest absolute Gasteiger partial charge is 0.329 e. The first kappa shape index (κ1) is 19.9. The molecule has 1 aliphatic heterocycles. The van der Waals surface area contributed by atoms with E-state index in [4.69, 9.17) is 9.47 Å². The highest BCUT2D eigenvalue weighted by atomic mass is 16.5. The Morgan fingerprint density at radius 2 is 1.89 bits per heavy atom. The van der Waals surface area contributed by atoms with Gasteiger partial charge in [-0.05, 0) is 35.7 Å². The van der Waals surface area contributed by atoms with Crippen LogP contribution in [0.4, 0.5) is 0 Å². The summed E-state index contributed by atoms with van der Waals surface area (Å²) in [6.45, 7) is 3.14. The van der Waals surface area contributed by atoms with E-state index < -0.39 is 11.5 Å². The molecule has 0 saturated carbocycles. The van der Waals surface area contributed by atoms with E-state index in [1.54, 1.807) is 0 Å². The van der Waals surface area contributed by atoms with Crippen molar-refractivity contribution in [3.63, 3.8) is 0 Å². The summed E-state index contributed by atoms with van der Waals surface area (Å²) in [5, 5.41) is 12.3. The van der Waals surface area contributed by atoms with E-state index in [9.17, 15) is 14.7 Å². The number of carboxylic acids is 1. The molecular weight excluding hydrogens is 358 g/mol. The maximum absolute atomic E-state index is 12.5. The molecule has 0 aliphatic carbocycles. The molecule has 0 spiro atoms. The lowest BCUT2D eigenvalue weighted by atomic mass is 9.90. The van der Waals surface area contributed by atoms with Crippen LogP contribution in [0.2, 0.25) is 0 Å². The molecule has 1 amide bonds. The van der Waals surface area contributed by atoms with E-state index in [0.717, 1.165) is 16.7 Å². The number of carbonyl (C=O) groups excluding carboxylic acids is 1. The third-order valence-corrected chi connectivity index (χ3v) is 5.05. The summed E-state index contributed by atoms with van der Waals surface area (Å²) in [7, 11) is 0. The third-order valence-electron chi connectivity index (χ3n) is 5.05. The number of ether oxygens (including phenoxy) is 2. The summed E-state index contributed by atoms with van der Waals surface area (Å²) in [5.74, 6) is -0.660. The molecule has 1 aliphatic rings. The second kappa shape index (κ2) is 8.89. The minimum absolute atomic E-state index is 0.0947. The number of amides is 1. The van der Waals surface area contributed by atoms with Crippen molar-refractivity contribution in [2.24, 2.45) is 0 Å². The summed E-state index contributed by atoms with van der Waals surface area (Å²) in [5.41, 5.74) is 1.79. The van der Waals surface area contributed by atoms with Crippen molar-refractivity contribution in [1.82, 2.24) is 5.32 Å². The van der Waals surface area contributed by atoms with Crippen molar-refractivity contribution in [1.29, 1.82) is 0 Å². The largest absolute Gasteiger partial charge is 0.489 e. The molecule has 0 radical (unpaired) electrons. The zero-order valence-electron chi connectivity index (χ0n) is 15.9. The molecule has 0 bridgehead atoms. The molecule has 0 aromatic heterocycles. The van der Waals surface area contributed by atoms with E-state index in [1.807, 2.05) is 55.5 Å². The van der Waals surface area contributed by atoms with Crippen molar-refractivity contribution < 1.29 is 24.2 Å². The number of benzene rings is 2. The Balaban J connectivity index is 1.61. The zero-order valence-corrected chi connectivity index (χ0v) is 15.9. The van der Waals surface area contributed by atoms with Crippen LogP contribution in [-0.4, -0.2) is 35.7 Å². The van der Waals surface area contributed by atoms with Gasteiger partial charge in [-0.3, -0.25) is 4.79 Å². The van der Waals surface area contributed by atoms with Crippen LogP contribution in [0.25, 0.3) is 0 Å². The molecule has 2 N–H and O–H groups in total. The molecule has 1 saturated heterocycles. The minimum Gasteiger partial charge on any atom is -0.489 e. The predicted molar refractivity (Wildman–Crippen MR) is 104 cm³/mol. The van der Waals surface area contributed by atoms with E-state index in [0.29, 0.717) is 25.6 Å². The van der Waals surface area contributed by atoms with Crippen molar-refractivity contribution >= 4 is 11.9 Å². The van der Waals surface area contributed by atoms with Gasteiger partial charge in [0.2, 0.25) is 5.91 Å². The summed E-state index contributed by atoms with van der Waals surface area (Å²) in [6.07, 6.45) is 0.638. The molecule has 148 valence electrons. The zero-order chi connectivity index (χ0) is 20.0. The van der Waals surface area contributed by atoms with Gasteiger partial charge in [-0.1, -0.05) is 36.4 Å². The molecule has 0 unspecified atom stereocenters. The van der Waals surface area contributed by atoms with Gasteiger partial charge in [-0.25, -0.2) is 4.79 Å². The fourth-order valence-electron chi connectivity index (χ4n) is 3.29. The van der Waals surface area contributed by atoms with Crippen LogP contribution in [0.5, 0.6) is 5.75 Å².